The van der Waals surface area contributed by atoms with E-state index in [1.807, 2.05) is 12.1 Å². The van der Waals surface area contributed by atoms with Gasteiger partial charge in [0.2, 0.25) is 0 Å². The van der Waals surface area contributed by atoms with Gasteiger partial charge >= 0.3 is 0 Å². The predicted octanol–water partition coefficient (Wildman–Crippen LogP) is 2.61. The largest absolute Gasteiger partial charge is 0.483 e. The molecule has 110 valence electrons. The number of carbonyl (C=O) groups excluding carboxylic acids is 1. The van der Waals surface area contributed by atoms with E-state index >= 15 is 0 Å². The molecule has 4 nitrogen and oxygen atoms in total. The van der Waals surface area contributed by atoms with E-state index in [0.29, 0.717) is 23.5 Å². The number of rotatable bonds is 5. The zero-order valence-corrected chi connectivity index (χ0v) is 11.7. The van der Waals surface area contributed by atoms with E-state index in [2.05, 4.69) is 5.32 Å². The normalized spacial score (nSPS) is 10.2. The van der Waals surface area contributed by atoms with Crippen molar-refractivity contribution in [3.8, 4) is 5.75 Å². The minimum absolute atomic E-state index is 0.134. The van der Waals surface area contributed by atoms with Crippen LogP contribution in [-0.2, 0) is 11.3 Å². The first-order chi connectivity index (χ1) is 10.1. The van der Waals surface area contributed by atoms with Crippen molar-refractivity contribution in [1.82, 2.24) is 0 Å². The molecule has 0 radical (unpaired) electrons. The summed E-state index contributed by atoms with van der Waals surface area (Å²) in [5, 5.41) is 2.72. The fourth-order valence-electron chi connectivity index (χ4n) is 1.84. The highest BCUT2D eigenvalue weighted by molar-refractivity contribution is 5.91. The Balaban J connectivity index is 1.89. The maximum absolute atomic E-state index is 13.0. The summed E-state index contributed by atoms with van der Waals surface area (Å²) in [6.07, 6.45) is 0. The fourth-order valence-corrected chi connectivity index (χ4v) is 1.84. The van der Waals surface area contributed by atoms with Crippen LogP contribution in [0, 0.1) is 12.7 Å². The molecule has 0 saturated heterocycles. The highest BCUT2D eigenvalue weighted by Crippen LogP contribution is 2.18. The molecule has 3 N–H and O–H groups in total. The molecule has 0 aliphatic heterocycles. The summed E-state index contributed by atoms with van der Waals surface area (Å²) < 4.78 is 18.3. The zero-order valence-electron chi connectivity index (χ0n) is 11.7. The van der Waals surface area contributed by atoms with Gasteiger partial charge in [-0.15, -0.1) is 0 Å². The molecule has 2 aromatic carbocycles. The first kappa shape index (κ1) is 15.0. The Morgan fingerprint density at radius 1 is 1.24 bits per heavy atom. The van der Waals surface area contributed by atoms with E-state index < -0.39 is 0 Å². The fraction of sp³-hybridized carbons (Fsp3) is 0.188. The van der Waals surface area contributed by atoms with E-state index in [1.165, 1.54) is 18.2 Å². The minimum Gasteiger partial charge on any atom is -0.483 e. The Morgan fingerprint density at radius 2 is 1.95 bits per heavy atom. The Bertz CT molecular complexity index is 627. The van der Waals surface area contributed by atoms with E-state index in [9.17, 15) is 9.18 Å². The smallest absolute Gasteiger partial charge is 0.262 e. The number of halogens is 1. The van der Waals surface area contributed by atoms with Gasteiger partial charge in [0, 0.05) is 12.2 Å². The standard InChI is InChI=1S/C16H17FN2O2/c1-11-8-13(17)4-7-15(11)21-10-16(20)19-14-5-2-12(9-18)3-6-14/h2-8H,9-10,18H2,1H3,(H,19,20). The molecule has 21 heavy (non-hydrogen) atoms. The molecule has 0 spiro atoms. The SMILES string of the molecule is Cc1cc(F)ccc1OCC(=O)Nc1ccc(CN)cc1. The Hall–Kier alpha value is -2.40. The number of hydrogen-bond acceptors (Lipinski definition) is 3. The van der Waals surface area contributed by atoms with Crippen molar-refractivity contribution in [3.05, 3.63) is 59.4 Å². The van der Waals surface area contributed by atoms with Crippen LogP contribution in [0.15, 0.2) is 42.5 Å². The molecule has 0 bridgehead atoms. The van der Waals surface area contributed by atoms with Gasteiger partial charge in [0.25, 0.3) is 5.91 Å². The van der Waals surface area contributed by atoms with Crippen molar-refractivity contribution in [2.24, 2.45) is 5.73 Å². The average Bonchev–Trinajstić information content (AvgIpc) is 2.47. The van der Waals surface area contributed by atoms with Gasteiger partial charge in [-0.2, -0.15) is 0 Å². The molecule has 0 aromatic heterocycles. The van der Waals surface area contributed by atoms with Crippen molar-refractivity contribution in [2.45, 2.75) is 13.5 Å². The molecular weight excluding hydrogens is 271 g/mol. The van der Waals surface area contributed by atoms with Crippen molar-refractivity contribution < 1.29 is 13.9 Å². The molecule has 1 amide bonds. The van der Waals surface area contributed by atoms with Crippen LogP contribution in [0.3, 0.4) is 0 Å². The predicted molar refractivity (Wildman–Crippen MR) is 79.6 cm³/mol. The van der Waals surface area contributed by atoms with Crippen LogP contribution in [-0.4, -0.2) is 12.5 Å². The molecule has 0 aliphatic rings. The number of hydrogen-bond donors (Lipinski definition) is 2. The Kier molecular flexibility index (Phi) is 4.90. The highest BCUT2D eigenvalue weighted by Gasteiger charge is 2.06. The van der Waals surface area contributed by atoms with Gasteiger partial charge in [-0.1, -0.05) is 12.1 Å². The average molecular weight is 288 g/mol. The number of ether oxygens (including phenoxy) is 1. The van der Waals surface area contributed by atoms with Gasteiger partial charge in [0.1, 0.15) is 11.6 Å². The van der Waals surface area contributed by atoms with E-state index in [4.69, 9.17) is 10.5 Å². The van der Waals surface area contributed by atoms with Crippen LogP contribution in [0.1, 0.15) is 11.1 Å². The van der Waals surface area contributed by atoms with Crippen molar-refractivity contribution in [1.29, 1.82) is 0 Å². The van der Waals surface area contributed by atoms with E-state index in [1.54, 1.807) is 19.1 Å². The molecule has 0 aliphatic carbocycles. The summed E-state index contributed by atoms with van der Waals surface area (Å²) in [5.74, 6) is -0.117. The van der Waals surface area contributed by atoms with Gasteiger partial charge in [-0.3, -0.25) is 4.79 Å². The summed E-state index contributed by atoms with van der Waals surface area (Å²) in [7, 11) is 0. The second-order valence-corrected chi connectivity index (χ2v) is 4.65. The van der Waals surface area contributed by atoms with Crippen LogP contribution in [0.5, 0.6) is 5.75 Å². The lowest BCUT2D eigenvalue weighted by molar-refractivity contribution is -0.118. The molecule has 0 atom stereocenters. The number of amides is 1. The van der Waals surface area contributed by atoms with Crippen molar-refractivity contribution in [2.75, 3.05) is 11.9 Å². The van der Waals surface area contributed by atoms with E-state index in [-0.39, 0.29) is 18.3 Å². The maximum Gasteiger partial charge on any atom is 0.262 e. The molecule has 5 heteroatoms. The van der Waals surface area contributed by atoms with Crippen LogP contribution in [0.4, 0.5) is 10.1 Å². The first-order valence-corrected chi connectivity index (χ1v) is 6.56. The molecule has 2 aromatic rings. The van der Waals surface area contributed by atoms with Gasteiger partial charge in [-0.05, 0) is 48.4 Å². The number of aryl methyl sites for hydroxylation is 1. The van der Waals surface area contributed by atoms with Gasteiger partial charge in [-0.25, -0.2) is 4.39 Å². The second kappa shape index (κ2) is 6.85. The number of nitrogens with one attached hydrogen (secondary N) is 1. The summed E-state index contributed by atoms with van der Waals surface area (Å²) >= 11 is 0. The Morgan fingerprint density at radius 3 is 2.57 bits per heavy atom. The topological polar surface area (TPSA) is 64.3 Å². The summed E-state index contributed by atoms with van der Waals surface area (Å²) in [6.45, 7) is 2.05. The highest BCUT2D eigenvalue weighted by atomic mass is 19.1. The Labute approximate surface area is 122 Å². The third-order valence-electron chi connectivity index (χ3n) is 2.97. The third kappa shape index (κ3) is 4.29. The summed E-state index contributed by atoms with van der Waals surface area (Å²) in [5.41, 5.74) is 7.82. The zero-order chi connectivity index (χ0) is 15.2. The summed E-state index contributed by atoms with van der Waals surface area (Å²) in [6, 6.07) is 11.4. The van der Waals surface area contributed by atoms with E-state index in [0.717, 1.165) is 5.56 Å². The lowest BCUT2D eigenvalue weighted by Gasteiger charge is -2.10. The number of nitrogens with two attached hydrogens (primary N) is 1. The van der Waals surface area contributed by atoms with Gasteiger partial charge < -0.3 is 15.8 Å². The number of benzene rings is 2. The third-order valence-corrected chi connectivity index (χ3v) is 2.97. The summed E-state index contributed by atoms with van der Waals surface area (Å²) in [4.78, 5) is 11.8. The maximum atomic E-state index is 13.0. The van der Waals surface area contributed by atoms with Crippen LogP contribution in [0.25, 0.3) is 0 Å². The van der Waals surface area contributed by atoms with Gasteiger partial charge in [0.15, 0.2) is 6.61 Å². The van der Waals surface area contributed by atoms with Gasteiger partial charge in [0.05, 0.1) is 0 Å². The molecular formula is C16H17FN2O2. The monoisotopic (exact) mass is 288 g/mol. The van der Waals surface area contributed by atoms with Crippen molar-refractivity contribution >= 4 is 11.6 Å². The second-order valence-electron chi connectivity index (χ2n) is 4.65. The molecule has 0 heterocycles. The lowest BCUT2D eigenvalue weighted by atomic mass is 10.2. The number of anilines is 1. The lowest BCUT2D eigenvalue weighted by Crippen LogP contribution is -2.20. The van der Waals surface area contributed by atoms with Crippen LogP contribution < -0.4 is 15.8 Å². The molecule has 2 rings (SSSR count). The van der Waals surface area contributed by atoms with Crippen LogP contribution >= 0.6 is 0 Å². The van der Waals surface area contributed by atoms with Crippen LogP contribution in [0.2, 0.25) is 0 Å². The minimum atomic E-state index is -0.329. The first-order valence-electron chi connectivity index (χ1n) is 6.56. The number of carbonyl (C=O) groups is 1. The van der Waals surface area contributed by atoms with Crippen molar-refractivity contribution in [3.63, 3.8) is 0 Å². The quantitative estimate of drug-likeness (QED) is 0.889. The molecule has 0 saturated carbocycles. The molecule has 0 unspecified atom stereocenters. The molecule has 0 fully saturated rings.